The zero-order valence-corrected chi connectivity index (χ0v) is 17.8. The Hall–Kier alpha value is -3.49. The highest BCUT2D eigenvalue weighted by molar-refractivity contribution is 6.06. The lowest BCUT2D eigenvalue weighted by Gasteiger charge is -2.31. The van der Waals surface area contributed by atoms with E-state index in [2.05, 4.69) is 32.3 Å². The van der Waals surface area contributed by atoms with Gasteiger partial charge >= 0.3 is 0 Å². The summed E-state index contributed by atoms with van der Waals surface area (Å²) in [5, 5.41) is 22.9. The van der Waals surface area contributed by atoms with Crippen molar-refractivity contribution in [3.05, 3.63) is 60.8 Å². The molecule has 3 aromatic rings. The largest absolute Gasteiger partial charge is 0.395 e. The zero-order valence-electron chi connectivity index (χ0n) is 17.8. The standard InChI is InChI=1S/C24H27N5O3/c1-2-22(31)25-19-5-3-4-16(14-19)17-6-7-21-20(15-17)23(28-27-21)24(32)26-18-8-10-29(11-9-18)12-13-30/h2-7,14-15,18,30H,1,8-13H2,(H,25,31)(H,26,32)(H,27,28). The van der Waals surface area contributed by atoms with Crippen LogP contribution in [0.3, 0.4) is 0 Å². The number of H-pyrrole nitrogens is 1. The van der Waals surface area contributed by atoms with Gasteiger partial charge in [0.15, 0.2) is 5.69 Å². The monoisotopic (exact) mass is 433 g/mol. The minimum Gasteiger partial charge on any atom is -0.395 e. The summed E-state index contributed by atoms with van der Waals surface area (Å²) >= 11 is 0. The van der Waals surface area contributed by atoms with Gasteiger partial charge in [0.25, 0.3) is 5.91 Å². The Morgan fingerprint density at radius 3 is 2.72 bits per heavy atom. The van der Waals surface area contributed by atoms with Crippen LogP contribution >= 0.6 is 0 Å². The number of aliphatic hydroxyl groups is 1. The summed E-state index contributed by atoms with van der Waals surface area (Å²) in [4.78, 5) is 26.7. The molecular formula is C24H27N5O3. The number of nitrogens with zero attached hydrogens (tertiary/aromatic N) is 2. The number of hydrogen-bond donors (Lipinski definition) is 4. The number of β-amino-alcohol motifs (C(OH)–C–C–N with tert-alkyl or cyclic N) is 1. The highest BCUT2D eigenvalue weighted by Gasteiger charge is 2.23. The third kappa shape index (κ3) is 4.87. The van der Waals surface area contributed by atoms with E-state index in [9.17, 15) is 9.59 Å². The predicted molar refractivity (Wildman–Crippen MR) is 124 cm³/mol. The van der Waals surface area contributed by atoms with Gasteiger partial charge in [-0.2, -0.15) is 5.10 Å². The minimum absolute atomic E-state index is 0.0949. The fourth-order valence-electron chi connectivity index (χ4n) is 4.03. The average molecular weight is 434 g/mol. The smallest absolute Gasteiger partial charge is 0.272 e. The molecule has 1 aliphatic heterocycles. The predicted octanol–water partition coefficient (Wildman–Crippen LogP) is 2.54. The molecule has 1 aromatic heterocycles. The van der Waals surface area contributed by atoms with E-state index in [0.29, 0.717) is 17.9 Å². The SMILES string of the molecule is C=CC(=O)Nc1cccc(-c2ccc3[nH]nc(C(=O)NC4CCN(CCO)CC4)c3c2)c1. The maximum Gasteiger partial charge on any atom is 0.272 e. The first kappa shape index (κ1) is 21.7. The minimum atomic E-state index is -0.270. The van der Waals surface area contributed by atoms with Crippen LogP contribution in [-0.2, 0) is 4.79 Å². The van der Waals surface area contributed by atoms with Crippen LogP contribution in [-0.4, -0.2) is 64.3 Å². The van der Waals surface area contributed by atoms with E-state index in [4.69, 9.17) is 5.11 Å². The summed E-state index contributed by atoms with van der Waals surface area (Å²) in [6.07, 6.45) is 2.93. The van der Waals surface area contributed by atoms with Crippen LogP contribution in [0.25, 0.3) is 22.0 Å². The third-order valence-corrected chi connectivity index (χ3v) is 5.77. The van der Waals surface area contributed by atoms with Crippen molar-refractivity contribution in [3.8, 4) is 11.1 Å². The van der Waals surface area contributed by atoms with Crippen LogP contribution < -0.4 is 10.6 Å². The molecule has 166 valence electrons. The summed E-state index contributed by atoms with van der Waals surface area (Å²) in [5.74, 6) is -0.463. The van der Waals surface area contributed by atoms with Crippen molar-refractivity contribution in [3.63, 3.8) is 0 Å². The lowest BCUT2D eigenvalue weighted by molar-refractivity contribution is -0.111. The lowest BCUT2D eigenvalue weighted by Crippen LogP contribution is -2.45. The molecule has 1 fully saturated rings. The van der Waals surface area contributed by atoms with Crippen molar-refractivity contribution in [1.82, 2.24) is 20.4 Å². The van der Waals surface area contributed by atoms with Crippen molar-refractivity contribution in [2.24, 2.45) is 0 Å². The van der Waals surface area contributed by atoms with Gasteiger partial charge in [-0.3, -0.25) is 14.7 Å². The first-order chi connectivity index (χ1) is 15.6. The number of hydrogen-bond acceptors (Lipinski definition) is 5. The number of amides is 2. The molecule has 2 aromatic carbocycles. The van der Waals surface area contributed by atoms with Gasteiger partial charge in [0.1, 0.15) is 0 Å². The first-order valence-electron chi connectivity index (χ1n) is 10.7. The van der Waals surface area contributed by atoms with Crippen LogP contribution in [0.5, 0.6) is 0 Å². The molecule has 0 aliphatic carbocycles. The second kappa shape index (κ2) is 9.76. The third-order valence-electron chi connectivity index (χ3n) is 5.77. The fraction of sp³-hybridized carbons (Fsp3) is 0.292. The molecule has 0 atom stereocenters. The molecule has 0 saturated carbocycles. The van der Waals surface area contributed by atoms with E-state index in [-0.39, 0.29) is 24.5 Å². The van der Waals surface area contributed by atoms with Crippen molar-refractivity contribution in [1.29, 1.82) is 0 Å². The molecular weight excluding hydrogens is 406 g/mol. The topological polar surface area (TPSA) is 110 Å². The van der Waals surface area contributed by atoms with E-state index in [0.717, 1.165) is 48.0 Å². The maximum atomic E-state index is 12.9. The van der Waals surface area contributed by atoms with Crippen LogP contribution in [0.4, 0.5) is 5.69 Å². The van der Waals surface area contributed by atoms with Crippen LogP contribution in [0.1, 0.15) is 23.3 Å². The van der Waals surface area contributed by atoms with Crippen LogP contribution in [0.15, 0.2) is 55.1 Å². The molecule has 8 nitrogen and oxygen atoms in total. The van der Waals surface area contributed by atoms with Gasteiger partial charge in [0.2, 0.25) is 5.91 Å². The molecule has 2 amide bonds. The van der Waals surface area contributed by atoms with Crippen LogP contribution in [0, 0.1) is 0 Å². The summed E-state index contributed by atoms with van der Waals surface area (Å²) in [7, 11) is 0. The number of aromatic nitrogens is 2. The second-order valence-electron chi connectivity index (χ2n) is 7.92. The molecule has 0 spiro atoms. The van der Waals surface area contributed by atoms with Gasteiger partial charge in [0.05, 0.1) is 12.1 Å². The van der Waals surface area contributed by atoms with Gasteiger partial charge in [0, 0.05) is 36.7 Å². The summed E-state index contributed by atoms with van der Waals surface area (Å²) in [6.45, 7) is 6.01. The van der Waals surface area contributed by atoms with Gasteiger partial charge < -0.3 is 20.6 Å². The Labute approximate surface area is 186 Å². The maximum absolute atomic E-state index is 12.9. The molecule has 8 heteroatoms. The zero-order chi connectivity index (χ0) is 22.5. The lowest BCUT2D eigenvalue weighted by atomic mass is 10.0. The number of nitrogens with one attached hydrogen (secondary N) is 3. The fourth-order valence-corrected chi connectivity index (χ4v) is 4.03. The second-order valence-corrected chi connectivity index (χ2v) is 7.92. The number of likely N-dealkylation sites (tertiary alicyclic amines) is 1. The number of rotatable bonds is 7. The van der Waals surface area contributed by atoms with Crippen LogP contribution in [0.2, 0.25) is 0 Å². The molecule has 32 heavy (non-hydrogen) atoms. The highest BCUT2D eigenvalue weighted by Crippen LogP contribution is 2.27. The number of benzene rings is 2. The Balaban J connectivity index is 1.52. The van der Waals surface area contributed by atoms with E-state index < -0.39 is 0 Å². The number of fused-ring (bicyclic) bond motifs is 1. The number of anilines is 1. The molecule has 4 N–H and O–H groups in total. The number of carbonyl (C=O) groups excluding carboxylic acids is 2. The van der Waals surface area contributed by atoms with Crippen molar-refractivity contribution in [2.45, 2.75) is 18.9 Å². The average Bonchev–Trinajstić information content (AvgIpc) is 3.24. The Bertz CT molecular complexity index is 1130. The molecule has 0 unspecified atom stereocenters. The van der Waals surface area contributed by atoms with Gasteiger partial charge in [-0.05, 0) is 54.3 Å². The quantitative estimate of drug-likeness (QED) is 0.428. The van der Waals surface area contributed by atoms with Gasteiger partial charge in [-0.25, -0.2) is 0 Å². The van der Waals surface area contributed by atoms with Crippen molar-refractivity contribution in [2.75, 3.05) is 31.6 Å². The molecule has 1 aliphatic rings. The summed E-state index contributed by atoms with van der Waals surface area (Å²) in [6, 6.07) is 13.4. The van der Waals surface area contributed by atoms with Crippen molar-refractivity contribution >= 4 is 28.4 Å². The molecule has 4 rings (SSSR count). The highest BCUT2D eigenvalue weighted by atomic mass is 16.3. The Morgan fingerprint density at radius 2 is 1.97 bits per heavy atom. The van der Waals surface area contributed by atoms with Gasteiger partial charge in [-0.15, -0.1) is 0 Å². The normalized spacial score (nSPS) is 14.9. The van der Waals surface area contributed by atoms with E-state index >= 15 is 0 Å². The van der Waals surface area contributed by atoms with Gasteiger partial charge in [-0.1, -0.05) is 24.8 Å². The number of aliphatic hydroxyl groups excluding tert-OH is 1. The summed E-state index contributed by atoms with van der Waals surface area (Å²) < 4.78 is 0. The summed E-state index contributed by atoms with van der Waals surface area (Å²) in [5.41, 5.74) is 3.66. The van der Waals surface area contributed by atoms with E-state index in [1.54, 1.807) is 0 Å². The number of carbonyl (C=O) groups is 2. The first-order valence-corrected chi connectivity index (χ1v) is 10.7. The molecule has 0 bridgehead atoms. The molecule has 0 radical (unpaired) electrons. The number of aromatic amines is 1. The molecule has 2 heterocycles. The Kier molecular flexibility index (Phi) is 6.63. The Morgan fingerprint density at radius 1 is 1.19 bits per heavy atom. The van der Waals surface area contributed by atoms with E-state index in [1.807, 2.05) is 42.5 Å². The van der Waals surface area contributed by atoms with Crippen molar-refractivity contribution < 1.29 is 14.7 Å². The number of piperidine rings is 1. The van der Waals surface area contributed by atoms with E-state index in [1.165, 1.54) is 6.08 Å². The molecule has 1 saturated heterocycles.